The molecule has 2 fully saturated rings. The Kier molecular flexibility index (Phi) is 6.56. The number of carbonyl (C=O) groups excluding carboxylic acids is 1. The van der Waals surface area contributed by atoms with Crippen LogP contribution in [-0.2, 0) is 9.53 Å². The van der Waals surface area contributed by atoms with E-state index in [0.717, 1.165) is 44.0 Å². The van der Waals surface area contributed by atoms with Crippen molar-refractivity contribution in [1.82, 2.24) is 15.5 Å². The van der Waals surface area contributed by atoms with Crippen LogP contribution in [-0.4, -0.2) is 55.7 Å². The van der Waals surface area contributed by atoms with E-state index in [4.69, 9.17) is 16.3 Å². The molecule has 0 aliphatic carbocycles. The van der Waals surface area contributed by atoms with E-state index in [9.17, 15) is 4.79 Å². The minimum Gasteiger partial charge on any atom is -0.373 e. The minimum atomic E-state index is -0.180. The van der Waals surface area contributed by atoms with E-state index < -0.39 is 0 Å². The third-order valence-electron chi connectivity index (χ3n) is 5.29. The molecule has 2 heterocycles. The molecule has 1 aromatic carbocycles. The molecule has 5 nitrogen and oxygen atoms in total. The number of piperidine rings is 1. The molecule has 2 unspecified atom stereocenters. The number of hydrogen-bond donors (Lipinski definition) is 2. The van der Waals surface area contributed by atoms with Crippen molar-refractivity contribution in [3.63, 3.8) is 0 Å². The summed E-state index contributed by atoms with van der Waals surface area (Å²) < 4.78 is 5.86. The number of benzene rings is 1. The van der Waals surface area contributed by atoms with Crippen LogP contribution < -0.4 is 10.6 Å². The van der Waals surface area contributed by atoms with Gasteiger partial charge in [0.2, 0.25) is 5.91 Å². The molecule has 2 aliphatic rings. The number of carbonyl (C=O) groups is 1. The summed E-state index contributed by atoms with van der Waals surface area (Å²) in [5, 5.41) is 7.24. The average Bonchev–Trinajstić information content (AvgIpc) is 2.63. The Bertz CT molecular complexity index is 600. The van der Waals surface area contributed by atoms with E-state index in [1.165, 1.54) is 5.56 Å². The fraction of sp³-hybridized carbons (Fsp3) is 0.650. The monoisotopic (exact) mass is 379 g/mol. The van der Waals surface area contributed by atoms with Gasteiger partial charge in [0.15, 0.2) is 0 Å². The molecular formula is C20H30ClN3O2. The molecule has 0 spiro atoms. The Labute approximate surface area is 161 Å². The summed E-state index contributed by atoms with van der Waals surface area (Å²) in [7, 11) is 0. The highest BCUT2D eigenvalue weighted by atomic mass is 35.5. The molecule has 2 N–H and O–H groups in total. The van der Waals surface area contributed by atoms with E-state index in [-0.39, 0.29) is 23.5 Å². The second-order valence-electron chi connectivity index (χ2n) is 7.93. The summed E-state index contributed by atoms with van der Waals surface area (Å²) in [6, 6.07) is 8.08. The van der Waals surface area contributed by atoms with Gasteiger partial charge >= 0.3 is 0 Å². The number of rotatable bonds is 5. The third-order valence-corrected chi connectivity index (χ3v) is 5.54. The van der Waals surface area contributed by atoms with Crippen LogP contribution in [0, 0.1) is 5.92 Å². The van der Waals surface area contributed by atoms with Gasteiger partial charge in [-0.2, -0.15) is 0 Å². The molecule has 1 aromatic rings. The van der Waals surface area contributed by atoms with Crippen molar-refractivity contribution in [2.75, 3.05) is 39.3 Å². The first-order valence-electron chi connectivity index (χ1n) is 9.56. The lowest BCUT2D eigenvalue weighted by molar-refractivity contribution is -0.126. The van der Waals surface area contributed by atoms with Gasteiger partial charge in [-0.15, -0.1) is 0 Å². The van der Waals surface area contributed by atoms with Gasteiger partial charge in [0.25, 0.3) is 0 Å². The fourth-order valence-electron chi connectivity index (χ4n) is 3.88. The molecule has 0 saturated carbocycles. The van der Waals surface area contributed by atoms with Crippen LogP contribution in [0.25, 0.3) is 0 Å². The van der Waals surface area contributed by atoms with Crippen LogP contribution in [0.4, 0.5) is 0 Å². The number of nitrogens with one attached hydrogen (secondary N) is 2. The lowest BCUT2D eigenvalue weighted by Crippen LogP contribution is -2.52. The summed E-state index contributed by atoms with van der Waals surface area (Å²) in [6.07, 6.45) is 2.03. The third kappa shape index (κ3) is 5.19. The van der Waals surface area contributed by atoms with Crippen molar-refractivity contribution in [3.05, 3.63) is 34.9 Å². The molecule has 0 aromatic heterocycles. The number of hydrogen-bond acceptors (Lipinski definition) is 4. The van der Waals surface area contributed by atoms with Crippen LogP contribution in [0.5, 0.6) is 0 Å². The molecule has 0 radical (unpaired) electrons. The lowest BCUT2D eigenvalue weighted by atomic mass is 9.97. The van der Waals surface area contributed by atoms with Gasteiger partial charge in [0, 0.05) is 31.2 Å². The molecule has 1 amide bonds. The molecule has 144 valence electrons. The summed E-state index contributed by atoms with van der Waals surface area (Å²) in [4.78, 5) is 15.0. The molecule has 2 saturated heterocycles. The first kappa shape index (κ1) is 19.6. The van der Waals surface area contributed by atoms with Crippen LogP contribution in [0.1, 0.15) is 38.3 Å². The smallest absolute Gasteiger partial charge is 0.224 e. The zero-order chi connectivity index (χ0) is 18.6. The fourth-order valence-corrected chi connectivity index (χ4v) is 4.00. The predicted molar refractivity (Wildman–Crippen MR) is 104 cm³/mol. The van der Waals surface area contributed by atoms with Gasteiger partial charge in [0.05, 0.1) is 24.2 Å². The van der Waals surface area contributed by atoms with Crippen molar-refractivity contribution in [2.24, 2.45) is 5.92 Å². The number of amides is 1. The number of morpholine rings is 1. The number of nitrogens with zero attached hydrogens (tertiary/aromatic N) is 1. The Morgan fingerprint density at radius 3 is 2.85 bits per heavy atom. The van der Waals surface area contributed by atoms with Crippen molar-refractivity contribution in [2.45, 2.75) is 38.3 Å². The summed E-state index contributed by atoms with van der Waals surface area (Å²) in [5.41, 5.74) is 0.995. The van der Waals surface area contributed by atoms with Crippen LogP contribution in [0.15, 0.2) is 24.3 Å². The molecule has 0 bridgehead atoms. The van der Waals surface area contributed by atoms with Crippen molar-refractivity contribution in [3.8, 4) is 0 Å². The lowest BCUT2D eigenvalue weighted by Gasteiger charge is -2.42. The van der Waals surface area contributed by atoms with Gasteiger partial charge < -0.3 is 15.4 Å². The van der Waals surface area contributed by atoms with Crippen molar-refractivity contribution in [1.29, 1.82) is 0 Å². The highest BCUT2D eigenvalue weighted by Crippen LogP contribution is 2.27. The Balaban J connectivity index is 1.70. The van der Waals surface area contributed by atoms with Crippen molar-refractivity contribution < 1.29 is 9.53 Å². The first-order chi connectivity index (χ1) is 12.4. The molecule has 3 rings (SSSR count). The Hall–Kier alpha value is -1.14. The van der Waals surface area contributed by atoms with Crippen LogP contribution in [0.2, 0.25) is 5.02 Å². The predicted octanol–water partition coefficient (Wildman–Crippen LogP) is 2.61. The number of ether oxygens (including phenoxy) is 1. The van der Waals surface area contributed by atoms with Crippen LogP contribution >= 0.6 is 11.6 Å². The number of halogens is 1. The highest BCUT2D eigenvalue weighted by molar-refractivity contribution is 6.30. The SMILES string of the molecule is CC1(C)CN(C(CNC(=O)C2CCCNC2)c2ccc(Cl)cc2)CCO1. The van der Waals surface area contributed by atoms with E-state index in [2.05, 4.69) is 41.5 Å². The molecular weight excluding hydrogens is 350 g/mol. The van der Waals surface area contributed by atoms with Crippen molar-refractivity contribution >= 4 is 17.5 Å². The quantitative estimate of drug-likeness (QED) is 0.825. The van der Waals surface area contributed by atoms with E-state index in [1.54, 1.807) is 0 Å². The topological polar surface area (TPSA) is 53.6 Å². The van der Waals surface area contributed by atoms with Gasteiger partial charge in [-0.05, 0) is 50.9 Å². The normalized spacial score (nSPS) is 24.8. The largest absolute Gasteiger partial charge is 0.373 e. The standard InChI is InChI=1S/C20H30ClN3O2/c1-20(2)14-24(10-11-26-20)18(15-5-7-17(21)8-6-15)13-23-19(25)16-4-3-9-22-12-16/h5-8,16,18,22H,3-4,9-14H2,1-2H3,(H,23,25). The maximum Gasteiger partial charge on any atom is 0.224 e. The maximum atomic E-state index is 12.6. The Morgan fingerprint density at radius 2 is 2.19 bits per heavy atom. The van der Waals surface area contributed by atoms with E-state index in [0.29, 0.717) is 13.2 Å². The second kappa shape index (κ2) is 8.70. The summed E-state index contributed by atoms with van der Waals surface area (Å²) in [6.45, 7) is 9.03. The summed E-state index contributed by atoms with van der Waals surface area (Å²) >= 11 is 6.07. The zero-order valence-corrected chi connectivity index (χ0v) is 16.5. The highest BCUT2D eigenvalue weighted by Gasteiger charge is 2.32. The molecule has 26 heavy (non-hydrogen) atoms. The molecule has 2 atom stereocenters. The van der Waals surface area contributed by atoms with Crippen LogP contribution in [0.3, 0.4) is 0 Å². The minimum absolute atomic E-state index is 0.0794. The van der Waals surface area contributed by atoms with Gasteiger partial charge in [-0.25, -0.2) is 0 Å². The maximum absolute atomic E-state index is 12.6. The van der Waals surface area contributed by atoms with E-state index in [1.807, 2.05) is 12.1 Å². The molecule has 6 heteroatoms. The second-order valence-corrected chi connectivity index (χ2v) is 8.37. The van der Waals surface area contributed by atoms with E-state index >= 15 is 0 Å². The Morgan fingerprint density at radius 1 is 1.42 bits per heavy atom. The van der Waals surface area contributed by atoms with Gasteiger partial charge in [0.1, 0.15) is 0 Å². The summed E-state index contributed by atoms with van der Waals surface area (Å²) in [5.74, 6) is 0.236. The van der Waals surface area contributed by atoms with Gasteiger partial charge in [-0.1, -0.05) is 23.7 Å². The average molecular weight is 380 g/mol. The zero-order valence-electron chi connectivity index (χ0n) is 15.8. The van der Waals surface area contributed by atoms with Gasteiger partial charge in [-0.3, -0.25) is 9.69 Å². The first-order valence-corrected chi connectivity index (χ1v) is 9.94. The molecule has 2 aliphatic heterocycles.